The Bertz CT molecular complexity index is 1410. The Balaban J connectivity index is 1.46. The zero-order valence-electron chi connectivity index (χ0n) is 23.0. The smallest absolute Gasteiger partial charge is 0.381 e. The molecule has 9 nitrogen and oxygen atoms in total. The van der Waals surface area contributed by atoms with E-state index >= 15 is 0 Å². The van der Waals surface area contributed by atoms with Gasteiger partial charge in [0.15, 0.2) is 0 Å². The number of carbonyl (C=O) groups excluding carboxylic acids is 1. The first-order valence-corrected chi connectivity index (χ1v) is 13.9. The number of anilines is 1. The summed E-state index contributed by atoms with van der Waals surface area (Å²) in [6, 6.07) is 7.21. The molecule has 4 heterocycles. The summed E-state index contributed by atoms with van der Waals surface area (Å²) in [6.45, 7) is 2.95. The fourth-order valence-electron chi connectivity index (χ4n) is 5.52. The van der Waals surface area contributed by atoms with Crippen LogP contribution in [0.3, 0.4) is 0 Å². The van der Waals surface area contributed by atoms with E-state index < -0.39 is 12.7 Å². The van der Waals surface area contributed by atoms with E-state index in [1.54, 1.807) is 29.1 Å². The summed E-state index contributed by atoms with van der Waals surface area (Å²) in [4.78, 5) is 19.1. The van der Waals surface area contributed by atoms with Gasteiger partial charge in [0.1, 0.15) is 12.2 Å². The highest BCUT2D eigenvalue weighted by Gasteiger charge is 2.31. The summed E-state index contributed by atoms with van der Waals surface area (Å²) in [7, 11) is 2.10. The highest BCUT2D eigenvalue weighted by atomic mass is 19.4. The molecule has 220 valence electrons. The Morgan fingerprint density at radius 1 is 1.12 bits per heavy atom. The molecule has 2 aliphatic rings. The topological polar surface area (TPSA) is 85.6 Å². The molecule has 3 aromatic rings. The number of rotatable bonds is 1. The maximum absolute atomic E-state index is 13.6. The van der Waals surface area contributed by atoms with Crippen molar-refractivity contribution in [3.8, 4) is 11.8 Å². The van der Waals surface area contributed by atoms with Crippen molar-refractivity contribution in [2.75, 3.05) is 58.4 Å². The third-order valence-electron chi connectivity index (χ3n) is 7.54. The molecule has 2 N–H and O–H groups in total. The van der Waals surface area contributed by atoms with Gasteiger partial charge in [0.2, 0.25) is 0 Å². The van der Waals surface area contributed by atoms with Crippen LogP contribution >= 0.6 is 0 Å². The van der Waals surface area contributed by atoms with Crippen LogP contribution in [0.4, 0.5) is 18.9 Å². The Hall–Kier alpha value is -3.53. The SMILES string of the molecule is CN1CCC2Nc3cccc4c3cc(n4CC(F)(F)F)C#CCNC(=O)c3cncn3CCOCCOCCC2C1. The molecule has 1 fully saturated rings. The molecular weight excluding hydrogens is 537 g/mol. The molecule has 41 heavy (non-hydrogen) atoms. The molecule has 0 saturated carbocycles. The zero-order chi connectivity index (χ0) is 28.8. The van der Waals surface area contributed by atoms with Crippen LogP contribution in [0.25, 0.3) is 10.9 Å². The first kappa shape index (κ1) is 29.0. The van der Waals surface area contributed by atoms with E-state index in [1.165, 1.54) is 10.8 Å². The molecule has 1 amide bonds. The Morgan fingerprint density at radius 3 is 2.78 bits per heavy atom. The number of nitrogens with zero attached hydrogens (tertiary/aromatic N) is 4. The second-order valence-corrected chi connectivity index (χ2v) is 10.5. The number of alkyl halides is 3. The fourth-order valence-corrected chi connectivity index (χ4v) is 5.52. The van der Waals surface area contributed by atoms with Gasteiger partial charge in [0.05, 0.1) is 50.1 Å². The van der Waals surface area contributed by atoms with Crippen LogP contribution in [-0.2, 0) is 22.6 Å². The van der Waals surface area contributed by atoms with Crippen molar-refractivity contribution in [3.63, 3.8) is 0 Å². The lowest BCUT2D eigenvalue weighted by Crippen LogP contribution is -2.45. The van der Waals surface area contributed by atoms with Crippen molar-refractivity contribution < 1.29 is 27.4 Å². The van der Waals surface area contributed by atoms with Gasteiger partial charge >= 0.3 is 6.18 Å². The number of halogens is 3. The number of nitrogens with one attached hydrogen (secondary N) is 2. The molecule has 1 saturated heterocycles. The van der Waals surface area contributed by atoms with Crippen molar-refractivity contribution in [1.82, 2.24) is 24.3 Å². The van der Waals surface area contributed by atoms with Crippen LogP contribution in [0.1, 0.15) is 29.0 Å². The highest BCUT2D eigenvalue weighted by molar-refractivity contribution is 5.94. The number of imidazole rings is 1. The number of carbonyl (C=O) groups is 1. The zero-order valence-corrected chi connectivity index (χ0v) is 23.0. The van der Waals surface area contributed by atoms with E-state index in [0.29, 0.717) is 55.5 Å². The van der Waals surface area contributed by atoms with Crippen LogP contribution in [0.5, 0.6) is 0 Å². The van der Waals surface area contributed by atoms with Crippen LogP contribution in [0, 0.1) is 17.8 Å². The minimum atomic E-state index is -4.43. The molecule has 12 heteroatoms. The lowest BCUT2D eigenvalue weighted by Gasteiger charge is -2.38. The number of hydrogen-bond acceptors (Lipinski definition) is 6. The molecular formula is C29H35F3N6O3. The van der Waals surface area contributed by atoms with Crippen LogP contribution in [0.15, 0.2) is 36.8 Å². The molecule has 0 radical (unpaired) electrons. The van der Waals surface area contributed by atoms with Gasteiger partial charge in [-0.1, -0.05) is 12.0 Å². The molecule has 2 atom stereocenters. The molecule has 2 aliphatic heterocycles. The number of likely N-dealkylation sites (tertiary alicyclic amines) is 1. The summed E-state index contributed by atoms with van der Waals surface area (Å²) in [5.74, 6) is 5.62. The number of fused-ring (bicyclic) bond motifs is 3. The van der Waals surface area contributed by atoms with E-state index in [4.69, 9.17) is 9.47 Å². The number of ether oxygens (including phenoxy) is 2. The molecule has 1 aromatic carbocycles. The molecule has 2 bridgehead atoms. The first-order valence-electron chi connectivity index (χ1n) is 13.9. The van der Waals surface area contributed by atoms with Crippen LogP contribution in [0.2, 0.25) is 0 Å². The average Bonchev–Trinajstić information content (AvgIpc) is 3.53. The van der Waals surface area contributed by atoms with Gasteiger partial charge in [0, 0.05) is 36.8 Å². The predicted octanol–water partition coefficient (Wildman–Crippen LogP) is 3.35. The van der Waals surface area contributed by atoms with Gasteiger partial charge in [-0.25, -0.2) is 4.98 Å². The third-order valence-corrected chi connectivity index (χ3v) is 7.54. The summed E-state index contributed by atoms with van der Waals surface area (Å²) >= 11 is 0. The minimum absolute atomic E-state index is 0.0340. The molecule has 2 unspecified atom stereocenters. The summed E-state index contributed by atoms with van der Waals surface area (Å²) in [6.07, 6.45) is 0.336. The summed E-state index contributed by atoms with van der Waals surface area (Å²) in [5, 5.41) is 7.04. The fraction of sp³-hybridized carbons (Fsp3) is 0.517. The lowest BCUT2D eigenvalue weighted by atomic mass is 9.89. The quantitative estimate of drug-likeness (QED) is 0.436. The van der Waals surface area contributed by atoms with Crippen molar-refractivity contribution in [2.45, 2.75) is 38.1 Å². The number of piperidine rings is 1. The predicted molar refractivity (Wildman–Crippen MR) is 149 cm³/mol. The van der Waals surface area contributed by atoms with Crippen LogP contribution < -0.4 is 10.6 Å². The Morgan fingerprint density at radius 2 is 1.95 bits per heavy atom. The molecule has 5 rings (SSSR count). The van der Waals surface area contributed by atoms with Crippen LogP contribution in [-0.4, -0.2) is 90.3 Å². The monoisotopic (exact) mass is 572 g/mol. The van der Waals surface area contributed by atoms with E-state index in [2.05, 4.69) is 39.4 Å². The van der Waals surface area contributed by atoms with Crippen molar-refractivity contribution in [2.24, 2.45) is 5.92 Å². The average molecular weight is 573 g/mol. The van der Waals surface area contributed by atoms with Crippen molar-refractivity contribution in [1.29, 1.82) is 0 Å². The maximum atomic E-state index is 13.6. The number of aromatic nitrogens is 3. The number of benzene rings is 1. The standard InChI is InChI=1S/C29H35F3N6O3/c1-36-10-7-24-21(18-36)8-12-40-14-15-41-13-11-37-20-33-17-27(37)28(39)34-9-3-4-22-16-23-25(35-24)5-2-6-26(23)38(22)19-29(30,31)32/h2,5-6,16-17,20-21,24,35H,7-15,18-19H2,1H3,(H,34,39). The van der Waals surface area contributed by atoms with E-state index in [0.717, 1.165) is 31.6 Å². The van der Waals surface area contributed by atoms with Gasteiger partial charge < -0.3 is 34.1 Å². The Kier molecular flexibility index (Phi) is 9.17. The Labute approximate surface area is 237 Å². The van der Waals surface area contributed by atoms with Gasteiger partial charge in [-0.15, -0.1) is 0 Å². The normalized spacial score (nSPS) is 21.9. The maximum Gasteiger partial charge on any atom is 0.406 e. The van der Waals surface area contributed by atoms with Gasteiger partial charge in [-0.2, -0.15) is 13.2 Å². The van der Waals surface area contributed by atoms with E-state index in [-0.39, 0.29) is 24.2 Å². The molecule has 2 aromatic heterocycles. The van der Waals surface area contributed by atoms with Gasteiger partial charge in [0.25, 0.3) is 5.91 Å². The largest absolute Gasteiger partial charge is 0.406 e. The number of hydrogen-bond donors (Lipinski definition) is 2. The number of amides is 1. The van der Waals surface area contributed by atoms with E-state index in [9.17, 15) is 18.0 Å². The third kappa shape index (κ3) is 7.41. The first-order chi connectivity index (χ1) is 19.8. The molecule has 0 aliphatic carbocycles. The summed E-state index contributed by atoms with van der Waals surface area (Å²) in [5.41, 5.74) is 1.82. The second-order valence-electron chi connectivity index (χ2n) is 10.5. The highest BCUT2D eigenvalue weighted by Crippen LogP contribution is 2.32. The van der Waals surface area contributed by atoms with Crippen molar-refractivity contribution >= 4 is 22.5 Å². The van der Waals surface area contributed by atoms with Crippen molar-refractivity contribution in [3.05, 3.63) is 48.2 Å². The van der Waals surface area contributed by atoms with Gasteiger partial charge in [-0.3, -0.25) is 4.79 Å². The molecule has 0 spiro atoms. The summed E-state index contributed by atoms with van der Waals surface area (Å²) < 4.78 is 55.3. The second kappa shape index (κ2) is 13.0. The van der Waals surface area contributed by atoms with E-state index in [1.807, 2.05) is 6.07 Å². The lowest BCUT2D eigenvalue weighted by molar-refractivity contribution is -0.140. The van der Waals surface area contributed by atoms with Gasteiger partial charge in [-0.05, 0) is 56.5 Å². The minimum Gasteiger partial charge on any atom is -0.381 e.